The quantitative estimate of drug-likeness (QED) is 0.523. The highest BCUT2D eigenvalue weighted by molar-refractivity contribution is 5.36. The van der Waals surface area contributed by atoms with Crippen LogP contribution in [0.3, 0.4) is 0 Å². The summed E-state index contributed by atoms with van der Waals surface area (Å²) >= 11 is 0. The van der Waals surface area contributed by atoms with E-state index in [4.69, 9.17) is 4.74 Å². The van der Waals surface area contributed by atoms with Crippen LogP contribution in [0, 0.1) is 29.4 Å². The highest BCUT2D eigenvalue weighted by Gasteiger charge is 2.60. The van der Waals surface area contributed by atoms with E-state index in [-0.39, 0.29) is 31.1 Å². The standard InChI is InChI=1S/C21H26F6O/c1-3-5-10-8-12(22)16-17(13(23)9-10)21(27)15(20(16)26)11-6-7-14(28-4-2)19(25)18(11)24/h6-7,10,12-13,15-17,20-21H,3-5,8-9H2,1-2H3. The number of ether oxygens (including phenoxy) is 1. The van der Waals surface area contributed by atoms with Crippen molar-refractivity contribution >= 4 is 0 Å². The maximum absolute atomic E-state index is 15.2. The number of alkyl halides is 4. The van der Waals surface area contributed by atoms with Crippen LogP contribution in [0.5, 0.6) is 5.75 Å². The van der Waals surface area contributed by atoms with E-state index >= 15 is 8.78 Å². The third-order valence-corrected chi connectivity index (χ3v) is 6.25. The summed E-state index contributed by atoms with van der Waals surface area (Å²) in [7, 11) is 0. The summed E-state index contributed by atoms with van der Waals surface area (Å²) in [5.74, 6) is -8.12. The minimum absolute atomic E-state index is 0.0323. The largest absolute Gasteiger partial charge is 0.491 e. The topological polar surface area (TPSA) is 9.23 Å². The van der Waals surface area contributed by atoms with Crippen LogP contribution >= 0.6 is 0 Å². The van der Waals surface area contributed by atoms with Crippen molar-refractivity contribution in [2.75, 3.05) is 6.61 Å². The molecule has 7 heteroatoms. The second kappa shape index (κ2) is 8.54. The molecule has 0 bridgehead atoms. The van der Waals surface area contributed by atoms with Gasteiger partial charge in [0.25, 0.3) is 0 Å². The van der Waals surface area contributed by atoms with Crippen LogP contribution < -0.4 is 4.74 Å². The molecule has 0 aliphatic heterocycles. The van der Waals surface area contributed by atoms with Crippen molar-refractivity contribution in [1.82, 2.24) is 0 Å². The molecule has 2 aliphatic rings. The van der Waals surface area contributed by atoms with E-state index in [1.54, 1.807) is 6.92 Å². The molecule has 2 saturated carbocycles. The van der Waals surface area contributed by atoms with Crippen LogP contribution in [0.1, 0.15) is 51.0 Å². The minimum atomic E-state index is -2.12. The Balaban J connectivity index is 1.94. The van der Waals surface area contributed by atoms with Gasteiger partial charge in [-0.2, -0.15) is 4.39 Å². The SMILES string of the molecule is CCCC1CC(F)C2C(F)C(c3ccc(OCC)c(F)c3F)C(F)C2C(F)C1. The molecule has 0 saturated heterocycles. The average Bonchev–Trinajstić information content (AvgIpc) is 2.82. The Kier molecular flexibility index (Phi) is 6.50. The molecule has 2 fully saturated rings. The van der Waals surface area contributed by atoms with Crippen molar-refractivity contribution in [2.24, 2.45) is 17.8 Å². The molecule has 28 heavy (non-hydrogen) atoms. The molecule has 1 aromatic carbocycles. The van der Waals surface area contributed by atoms with Crippen molar-refractivity contribution < 1.29 is 31.1 Å². The molecule has 0 radical (unpaired) electrons. The molecule has 0 spiro atoms. The Labute approximate surface area is 161 Å². The van der Waals surface area contributed by atoms with Crippen molar-refractivity contribution in [1.29, 1.82) is 0 Å². The van der Waals surface area contributed by atoms with Gasteiger partial charge in [-0.05, 0) is 31.7 Å². The first kappa shape index (κ1) is 21.3. The van der Waals surface area contributed by atoms with E-state index in [9.17, 15) is 17.6 Å². The smallest absolute Gasteiger partial charge is 0.200 e. The highest BCUT2D eigenvalue weighted by Crippen LogP contribution is 2.54. The van der Waals surface area contributed by atoms with Crippen LogP contribution in [-0.2, 0) is 0 Å². The first-order valence-electron chi connectivity index (χ1n) is 9.98. The summed E-state index contributed by atoms with van der Waals surface area (Å²) in [4.78, 5) is 0. The second-order valence-corrected chi connectivity index (χ2v) is 7.94. The van der Waals surface area contributed by atoms with Gasteiger partial charge in [0.2, 0.25) is 5.82 Å². The third kappa shape index (κ3) is 3.61. The molecular formula is C21H26F6O. The van der Waals surface area contributed by atoms with Gasteiger partial charge in [0.1, 0.15) is 24.7 Å². The lowest BCUT2D eigenvalue weighted by molar-refractivity contribution is 0.0699. The molecule has 1 nitrogen and oxygen atoms in total. The van der Waals surface area contributed by atoms with Gasteiger partial charge in [0.05, 0.1) is 12.5 Å². The van der Waals surface area contributed by atoms with Crippen molar-refractivity contribution in [3.63, 3.8) is 0 Å². The van der Waals surface area contributed by atoms with Crippen LogP contribution in [0.4, 0.5) is 26.3 Å². The summed E-state index contributed by atoms with van der Waals surface area (Å²) in [6.45, 7) is 3.56. The predicted molar refractivity (Wildman–Crippen MR) is 94.5 cm³/mol. The first-order chi connectivity index (χ1) is 13.3. The van der Waals surface area contributed by atoms with Crippen LogP contribution in [0.2, 0.25) is 0 Å². The molecule has 3 rings (SSSR count). The third-order valence-electron chi connectivity index (χ3n) is 6.25. The molecule has 2 aliphatic carbocycles. The summed E-state index contributed by atoms with van der Waals surface area (Å²) in [5, 5.41) is 0. The van der Waals surface area contributed by atoms with E-state index in [0.717, 1.165) is 18.6 Å². The Hall–Kier alpha value is -1.40. The van der Waals surface area contributed by atoms with Gasteiger partial charge in [-0.1, -0.05) is 25.8 Å². The monoisotopic (exact) mass is 408 g/mol. The van der Waals surface area contributed by atoms with Gasteiger partial charge >= 0.3 is 0 Å². The molecular weight excluding hydrogens is 382 g/mol. The van der Waals surface area contributed by atoms with Crippen molar-refractivity contribution in [3.8, 4) is 5.75 Å². The molecule has 0 heterocycles. The Morgan fingerprint density at radius 2 is 1.46 bits per heavy atom. The van der Waals surface area contributed by atoms with E-state index < -0.39 is 59.6 Å². The zero-order chi connectivity index (χ0) is 20.6. The maximum atomic E-state index is 15.2. The molecule has 158 valence electrons. The summed E-state index contributed by atoms with van der Waals surface area (Å²) in [6.07, 6.45) is -6.41. The lowest BCUT2D eigenvalue weighted by Crippen LogP contribution is -2.32. The number of hydrogen-bond donors (Lipinski definition) is 0. The zero-order valence-electron chi connectivity index (χ0n) is 16.0. The van der Waals surface area contributed by atoms with E-state index in [1.165, 1.54) is 0 Å². The summed E-state index contributed by atoms with van der Waals surface area (Å²) in [5.41, 5.74) is -0.529. The van der Waals surface area contributed by atoms with E-state index in [2.05, 4.69) is 0 Å². The predicted octanol–water partition coefficient (Wildman–Crippen LogP) is 6.26. The fourth-order valence-electron chi connectivity index (χ4n) is 5.07. The van der Waals surface area contributed by atoms with Crippen molar-refractivity contribution in [3.05, 3.63) is 29.3 Å². The van der Waals surface area contributed by atoms with E-state index in [0.29, 0.717) is 6.42 Å². The van der Waals surface area contributed by atoms with Gasteiger partial charge in [-0.15, -0.1) is 0 Å². The van der Waals surface area contributed by atoms with Gasteiger partial charge in [-0.3, -0.25) is 0 Å². The number of fused-ring (bicyclic) bond motifs is 1. The number of rotatable bonds is 5. The fourth-order valence-corrected chi connectivity index (χ4v) is 5.07. The molecule has 0 aromatic heterocycles. The zero-order valence-corrected chi connectivity index (χ0v) is 16.0. The lowest BCUT2D eigenvalue weighted by atomic mass is 9.88. The van der Waals surface area contributed by atoms with Crippen LogP contribution in [0.15, 0.2) is 12.1 Å². The summed E-state index contributed by atoms with van der Waals surface area (Å²) < 4.78 is 93.7. The number of hydrogen-bond acceptors (Lipinski definition) is 1. The first-order valence-corrected chi connectivity index (χ1v) is 9.98. The van der Waals surface area contributed by atoms with E-state index in [1.807, 2.05) is 6.92 Å². The maximum Gasteiger partial charge on any atom is 0.200 e. The highest BCUT2D eigenvalue weighted by atomic mass is 19.2. The Morgan fingerprint density at radius 1 is 0.893 bits per heavy atom. The lowest BCUT2D eigenvalue weighted by Gasteiger charge is -2.23. The molecule has 6 atom stereocenters. The van der Waals surface area contributed by atoms with Crippen LogP contribution in [-0.4, -0.2) is 31.3 Å². The Bertz CT molecular complexity index is 659. The Morgan fingerprint density at radius 3 is 1.96 bits per heavy atom. The number of halogens is 6. The minimum Gasteiger partial charge on any atom is -0.491 e. The molecule has 1 aromatic rings. The van der Waals surface area contributed by atoms with Gasteiger partial charge in [0, 0.05) is 17.4 Å². The molecule has 6 unspecified atom stereocenters. The van der Waals surface area contributed by atoms with Crippen molar-refractivity contribution in [2.45, 2.75) is 70.1 Å². The molecule has 0 N–H and O–H groups in total. The normalized spacial score (nSPS) is 38.1. The second-order valence-electron chi connectivity index (χ2n) is 7.94. The van der Waals surface area contributed by atoms with Gasteiger partial charge in [0.15, 0.2) is 11.6 Å². The van der Waals surface area contributed by atoms with Gasteiger partial charge in [-0.25, -0.2) is 22.0 Å². The fraction of sp³-hybridized carbons (Fsp3) is 0.714. The molecule has 0 amide bonds. The average molecular weight is 408 g/mol. The number of benzene rings is 1. The van der Waals surface area contributed by atoms with Gasteiger partial charge < -0.3 is 4.74 Å². The summed E-state index contributed by atoms with van der Waals surface area (Å²) in [6, 6.07) is 2.15. The van der Waals surface area contributed by atoms with Crippen LogP contribution in [0.25, 0.3) is 0 Å².